The number of hydrogen-bond donors (Lipinski definition) is 1. The van der Waals surface area contributed by atoms with E-state index in [0.29, 0.717) is 5.92 Å². The smallest absolute Gasteiger partial charge is 0.0889 e. The van der Waals surface area contributed by atoms with Gasteiger partial charge in [-0.25, -0.2) is 0 Å². The number of rotatable bonds is 3. The van der Waals surface area contributed by atoms with E-state index in [-0.39, 0.29) is 0 Å². The van der Waals surface area contributed by atoms with E-state index in [2.05, 4.69) is 29.0 Å². The van der Waals surface area contributed by atoms with E-state index in [4.69, 9.17) is 5.73 Å². The topological polar surface area (TPSA) is 51.8 Å². The molecule has 0 aliphatic rings. The highest BCUT2D eigenvalue weighted by Gasteiger charge is 2.05. The molecule has 0 aliphatic heterocycles. The van der Waals surface area contributed by atoms with Gasteiger partial charge in [-0.3, -0.25) is 9.97 Å². The van der Waals surface area contributed by atoms with Crippen LogP contribution in [0.4, 0.5) is 0 Å². The van der Waals surface area contributed by atoms with E-state index in [1.807, 2.05) is 6.07 Å². The van der Waals surface area contributed by atoms with Gasteiger partial charge in [0.1, 0.15) is 0 Å². The number of nitrogens with zero attached hydrogens (tertiary/aromatic N) is 2. The van der Waals surface area contributed by atoms with Crippen molar-refractivity contribution in [2.75, 3.05) is 6.54 Å². The van der Waals surface area contributed by atoms with Crippen LogP contribution in [0.25, 0.3) is 11.0 Å². The van der Waals surface area contributed by atoms with E-state index >= 15 is 0 Å². The molecule has 2 aromatic rings. The Balaban J connectivity index is 2.38. The molecule has 0 saturated carbocycles. The van der Waals surface area contributed by atoms with Crippen molar-refractivity contribution in [2.24, 2.45) is 5.73 Å². The Labute approximate surface area is 89.4 Å². The standard InChI is InChI=1S/C12H15N3/c1-9(4-5-13)10-2-3-11-12(8-10)15-7-6-14-11/h2-3,6-9H,4-5,13H2,1H3. The number of nitrogens with two attached hydrogens (primary N) is 1. The minimum Gasteiger partial charge on any atom is -0.330 e. The summed E-state index contributed by atoms with van der Waals surface area (Å²) in [6.45, 7) is 2.91. The molecule has 1 aromatic heterocycles. The fourth-order valence-electron chi connectivity index (χ4n) is 1.70. The first-order valence-corrected chi connectivity index (χ1v) is 5.22. The summed E-state index contributed by atoms with van der Waals surface area (Å²) in [7, 11) is 0. The molecule has 1 heterocycles. The fraction of sp³-hybridized carbons (Fsp3) is 0.333. The first kappa shape index (κ1) is 10.1. The molecule has 0 spiro atoms. The summed E-state index contributed by atoms with van der Waals surface area (Å²) in [5.74, 6) is 0.487. The zero-order valence-corrected chi connectivity index (χ0v) is 8.85. The third kappa shape index (κ3) is 2.13. The molecular formula is C12H15N3. The monoisotopic (exact) mass is 201 g/mol. The Bertz CT molecular complexity index is 453. The maximum Gasteiger partial charge on any atom is 0.0889 e. The predicted octanol–water partition coefficient (Wildman–Crippen LogP) is 2.08. The summed E-state index contributed by atoms with van der Waals surface area (Å²) in [4.78, 5) is 8.53. The number of hydrogen-bond acceptors (Lipinski definition) is 3. The second-order valence-corrected chi connectivity index (χ2v) is 3.78. The van der Waals surface area contributed by atoms with Gasteiger partial charge in [0.15, 0.2) is 0 Å². The minimum atomic E-state index is 0.487. The van der Waals surface area contributed by atoms with Gasteiger partial charge in [-0.15, -0.1) is 0 Å². The van der Waals surface area contributed by atoms with Crippen LogP contribution in [0, 0.1) is 0 Å². The van der Waals surface area contributed by atoms with Crippen molar-refractivity contribution in [3.63, 3.8) is 0 Å². The zero-order chi connectivity index (χ0) is 10.7. The Kier molecular flexibility index (Phi) is 2.92. The molecular weight excluding hydrogens is 186 g/mol. The van der Waals surface area contributed by atoms with Crippen molar-refractivity contribution in [3.05, 3.63) is 36.2 Å². The Morgan fingerprint density at radius 1 is 1.20 bits per heavy atom. The summed E-state index contributed by atoms with van der Waals surface area (Å²) in [5, 5.41) is 0. The van der Waals surface area contributed by atoms with Gasteiger partial charge in [0, 0.05) is 12.4 Å². The van der Waals surface area contributed by atoms with Gasteiger partial charge in [0.25, 0.3) is 0 Å². The van der Waals surface area contributed by atoms with Gasteiger partial charge < -0.3 is 5.73 Å². The lowest BCUT2D eigenvalue weighted by atomic mass is 9.97. The maximum absolute atomic E-state index is 5.55. The number of benzene rings is 1. The summed E-state index contributed by atoms with van der Waals surface area (Å²) >= 11 is 0. The second kappa shape index (κ2) is 4.36. The molecule has 1 aromatic carbocycles. The molecule has 0 saturated heterocycles. The summed E-state index contributed by atoms with van der Waals surface area (Å²) in [5.41, 5.74) is 8.74. The Hall–Kier alpha value is -1.48. The van der Waals surface area contributed by atoms with Crippen LogP contribution in [0.5, 0.6) is 0 Å². The van der Waals surface area contributed by atoms with Gasteiger partial charge in [-0.1, -0.05) is 13.0 Å². The van der Waals surface area contributed by atoms with Crippen LogP contribution in [0.3, 0.4) is 0 Å². The average molecular weight is 201 g/mol. The summed E-state index contributed by atoms with van der Waals surface area (Å²) in [6, 6.07) is 6.23. The van der Waals surface area contributed by atoms with Crippen molar-refractivity contribution in [2.45, 2.75) is 19.3 Å². The first-order valence-electron chi connectivity index (χ1n) is 5.22. The molecule has 0 fully saturated rings. The minimum absolute atomic E-state index is 0.487. The summed E-state index contributed by atoms with van der Waals surface area (Å²) in [6.07, 6.45) is 4.44. The molecule has 0 amide bonds. The predicted molar refractivity (Wildman–Crippen MR) is 61.6 cm³/mol. The number of aromatic nitrogens is 2. The van der Waals surface area contributed by atoms with Crippen molar-refractivity contribution in [1.29, 1.82) is 0 Å². The summed E-state index contributed by atoms with van der Waals surface area (Å²) < 4.78 is 0. The highest BCUT2D eigenvalue weighted by molar-refractivity contribution is 5.74. The second-order valence-electron chi connectivity index (χ2n) is 3.78. The highest BCUT2D eigenvalue weighted by Crippen LogP contribution is 2.21. The molecule has 0 bridgehead atoms. The third-order valence-corrected chi connectivity index (χ3v) is 2.66. The van der Waals surface area contributed by atoms with Crippen LogP contribution in [0.2, 0.25) is 0 Å². The lowest BCUT2D eigenvalue weighted by Gasteiger charge is -2.10. The van der Waals surface area contributed by atoms with E-state index < -0.39 is 0 Å². The van der Waals surface area contributed by atoms with Crippen LogP contribution in [-0.2, 0) is 0 Å². The van der Waals surface area contributed by atoms with Crippen LogP contribution < -0.4 is 5.73 Å². The van der Waals surface area contributed by atoms with Crippen molar-refractivity contribution in [1.82, 2.24) is 9.97 Å². The van der Waals surface area contributed by atoms with Crippen LogP contribution in [0.1, 0.15) is 24.8 Å². The molecule has 2 N–H and O–H groups in total. The van der Waals surface area contributed by atoms with E-state index in [0.717, 1.165) is 24.0 Å². The molecule has 0 radical (unpaired) electrons. The van der Waals surface area contributed by atoms with Crippen LogP contribution >= 0.6 is 0 Å². The molecule has 15 heavy (non-hydrogen) atoms. The van der Waals surface area contributed by atoms with Gasteiger partial charge >= 0.3 is 0 Å². The van der Waals surface area contributed by atoms with Crippen LogP contribution in [0.15, 0.2) is 30.6 Å². The van der Waals surface area contributed by atoms with E-state index in [1.54, 1.807) is 12.4 Å². The largest absolute Gasteiger partial charge is 0.330 e. The van der Waals surface area contributed by atoms with Crippen molar-refractivity contribution >= 4 is 11.0 Å². The normalized spacial score (nSPS) is 12.9. The molecule has 1 unspecified atom stereocenters. The fourth-order valence-corrected chi connectivity index (χ4v) is 1.70. The van der Waals surface area contributed by atoms with Crippen LogP contribution in [-0.4, -0.2) is 16.5 Å². The molecule has 3 heteroatoms. The van der Waals surface area contributed by atoms with E-state index in [1.165, 1.54) is 5.56 Å². The van der Waals surface area contributed by atoms with Gasteiger partial charge in [-0.05, 0) is 36.6 Å². The number of fused-ring (bicyclic) bond motifs is 1. The van der Waals surface area contributed by atoms with Crippen molar-refractivity contribution < 1.29 is 0 Å². The Morgan fingerprint density at radius 3 is 2.67 bits per heavy atom. The van der Waals surface area contributed by atoms with Crippen molar-refractivity contribution in [3.8, 4) is 0 Å². The lowest BCUT2D eigenvalue weighted by Crippen LogP contribution is -2.04. The zero-order valence-electron chi connectivity index (χ0n) is 8.85. The quantitative estimate of drug-likeness (QED) is 0.827. The highest BCUT2D eigenvalue weighted by atomic mass is 14.8. The van der Waals surface area contributed by atoms with Gasteiger partial charge in [-0.2, -0.15) is 0 Å². The molecule has 3 nitrogen and oxygen atoms in total. The maximum atomic E-state index is 5.55. The molecule has 0 aliphatic carbocycles. The Morgan fingerprint density at radius 2 is 1.93 bits per heavy atom. The third-order valence-electron chi connectivity index (χ3n) is 2.66. The molecule has 1 atom stereocenters. The SMILES string of the molecule is CC(CCN)c1ccc2nccnc2c1. The van der Waals surface area contributed by atoms with E-state index in [9.17, 15) is 0 Å². The van der Waals surface area contributed by atoms with Gasteiger partial charge in [0.05, 0.1) is 11.0 Å². The first-order chi connectivity index (χ1) is 7.31. The average Bonchev–Trinajstić information content (AvgIpc) is 2.29. The molecule has 78 valence electrons. The molecule has 2 rings (SSSR count). The lowest BCUT2D eigenvalue weighted by molar-refractivity contribution is 0.691. The van der Waals surface area contributed by atoms with Gasteiger partial charge in [0.2, 0.25) is 0 Å².